The summed E-state index contributed by atoms with van der Waals surface area (Å²) in [5.74, 6) is 0.550. The molecule has 5 nitrogen and oxygen atoms in total. The number of amides is 1. The molecule has 0 fully saturated rings. The number of carbonyl (C=O) groups is 1. The Morgan fingerprint density at radius 1 is 1.18 bits per heavy atom. The minimum absolute atomic E-state index is 0.0626. The molecule has 1 aliphatic heterocycles. The second-order valence-electron chi connectivity index (χ2n) is 7.09. The number of hydrogen-bond donors (Lipinski definition) is 1. The quantitative estimate of drug-likeness (QED) is 0.759. The summed E-state index contributed by atoms with van der Waals surface area (Å²) in [5.41, 5.74) is 4.91. The first-order valence-corrected chi connectivity index (χ1v) is 9.39. The van der Waals surface area contributed by atoms with E-state index in [4.69, 9.17) is 4.98 Å². The van der Waals surface area contributed by atoms with Crippen LogP contribution >= 0.6 is 0 Å². The van der Waals surface area contributed by atoms with E-state index in [-0.39, 0.29) is 11.7 Å². The largest absolute Gasteiger partial charge is 0.355 e. The van der Waals surface area contributed by atoms with Crippen molar-refractivity contribution in [3.05, 3.63) is 76.9 Å². The normalized spacial score (nSPS) is 14.0. The summed E-state index contributed by atoms with van der Waals surface area (Å²) >= 11 is 0. The Kier molecular flexibility index (Phi) is 4.96. The maximum atomic E-state index is 13.2. The highest BCUT2D eigenvalue weighted by Crippen LogP contribution is 2.27. The highest BCUT2D eigenvalue weighted by Gasteiger charge is 2.24. The summed E-state index contributed by atoms with van der Waals surface area (Å²) in [6, 6.07) is 14.2. The van der Waals surface area contributed by atoms with Crippen LogP contribution < -0.4 is 5.32 Å². The molecular formula is C22H23FN4O. The van der Waals surface area contributed by atoms with Gasteiger partial charge in [0.2, 0.25) is 0 Å². The van der Waals surface area contributed by atoms with Gasteiger partial charge in [0.25, 0.3) is 5.91 Å². The highest BCUT2D eigenvalue weighted by molar-refractivity contribution is 5.95. The Hall–Kier alpha value is -2.99. The maximum Gasteiger partial charge on any atom is 0.251 e. The second-order valence-corrected chi connectivity index (χ2v) is 7.09. The molecule has 3 aromatic rings. The van der Waals surface area contributed by atoms with E-state index in [0.29, 0.717) is 12.1 Å². The zero-order valence-electron chi connectivity index (χ0n) is 16.1. The number of hydrogen-bond acceptors (Lipinski definition) is 3. The van der Waals surface area contributed by atoms with Crippen LogP contribution in [0.5, 0.6) is 0 Å². The molecule has 1 aliphatic rings. The fraction of sp³-hybridized carbons (Fsp3) is 0.273. The van der Waals surface area contributed by atoms with Crippen molar-refractivity contribution in [1.29, 1.82) is 0 Å². The molecule has 28 heavy (non-hydrogen) atoms. The summed E-state index contributed by atoms with van der Waals surface area (Å²) in [6.45, 7) is 2.36. The first-order valence-electron chi connectivity index (χ1n) is 9.39. The first-order chi connectivity index (χ1) is 13.6. The maximum absolute atomic E-state index is 13.2. The SMILES string of the molecule is CNC(=O)c1ccccc1CN1CCc2nc(-c3ccc(F)cc3)n(C)c2C1. The number of benzene rings is 2. The van der Waals surface area contributed by atoms with E-state index in [1.807, 2.05) is 31.3 Å². The van der Waals surface area contributed by atoms with Crippen LogP contribution in [0.25, 0.3) is 11.4 Å². The van der Waals surface area contributed by atoms with Gasteiger partial charge in [-0.05, 0) is 35.9 Å². The molecule has 0 saturated carbocycles. The fourth-order valence-corrected chi connectivity index (χ4v) is 3.79. The lowest BCUT2D eigenvalue weighted by atomic mass is 10.0. The van der Waals surface area contributed by atoms with Crippen LogP contribution in [0.3, 0.4) is 0 Å². The van der Waals surface area contributed by atoms with Crippen molar-refractivity contribution < 1.29 is 9.18 Å². The van der Waals surface area contributed by atoms with Crippen LogP contribution in [0.15, 0.2) is 48.5 Å². The number of imidazole rings is 1. The van der Waals surface area contributed by atoms with Gasteiger partial charge in [-0.25, -0.2) is 9.37 Å². The third-order valence-corrected chi connectivity index (χ3v) is 5.32. The van der Waals surface area contributed by atoms with Gasteiger partial charge < -0.3 is 9.88 Å². The van der Waals surface area contributed by atoms with Crippen LogP contribution in [0.4, 0.5) is 4.39 Å². The lowest BCUT2D eigenvalue weighted by Crippen LogP contribution is -2.32. The van der Waals surface area contributed by atoms with Gasteiger partial charge >= 0.3 is 0 Å². The molecule has 6 heteroatoms. The average Bonchev–Trinajstić information content (AvgIpc) is 3.04. The lowest BCUT2D eigenvalue weighted by Gasteiger charge is -2.27. The number of aromatic nitrogens is 2. The van der Waals surface area contributed by atoms with Crippen LogP contribution in [0.1, 0.15) is 27.3 Å². The standard InChI is InChI=1S/C22H23FN4O/c1-24-22(28)18-6-4-3-5-16(18)13-27-12-11-19-20(14-27)26(2)21(25-19)15-7-9-17(23)10-8-15/h3-10H,11-14H2,1-2H3,(H,24,28). The van der Waals surface area contributed by atoms with Gasteiger partial charge in [0.15, 0.2) is 0 Å². The third-order valence-electron chi connectivity index (χ3n) is 5.32. The van der Waals surface area contributed by atoms with Gasteiger partial charge in [0.05, 0.1) is 11.4 Å². The van der Waals surface area contributed by atoms with E-state index in [1.165, 1.54) is 17.8 Å². The zero-order valence-corrected chi connectivity index (χ0v) is 16.1. The van der Waals surface area contributed by atoms with Crippen molar-refractivity contribution in [2.24, 2.45) is 7.05 Å². The summed E-state index contributed by atoms with van der Waals surface area (Å²) < 4.78 is 15.3. The second kappa shape index (κ2) is 7.56. The third kappa shape index (κ3) is 3.43. The highest BCUT2D eigenvalue weighted by atomic mass is 19.1. The molecule has 2 aromatic carbocycles. The Morgan fingerprint density at radius 2 is 1.93 bits per heavy atom. The Balaban J connectivity index is 1.58. The number of nitrogens with one attached hydrogen (secondary N) is 1. The minimum atomic E-state index is -0.247. The fourth-order valence-electron chi connectivity index (χ4n) is 3.79. The number of carbonyl (C=O) groups excluding carboxylic acids is 1. The number of halogens is 1. The van der Waals surface area contributed by atoms with Gasteiger partial charge in [-0.3, -0.25) is 9.69 Å². The predicted octanol–water partition coefficient (Wildman–Crippen LogP) is 3.14. The van der Waals surface area contributed by atoms with Crippen molar-refractivity contribution in [2.45, 2.75) is 19.5 Å². The van der Waals surface area contributed by atoms with Gasteiger partial charge in [-0.1, -0.05) is 18.2 Å². The first kappa shape index (κ1) is 18.4. The monoisotopic (exact) mass is 378 g/mol. The molecule has 0 unspecified atom stereocenters. The zero-order chi connectivity index (χ0) is 19.7. The van der Waals surface area contributed by atoms with Gasteiger partial charge in [0, 0.05) is 51.3 Å². The summed E-state index contributed by atoms with van der Waals surface area (Å²) in [6.07, 6.45) is 0.854. The molecule has 1 aromatic heterocycles. The van der Waals surface area contributed by atoms with Gasteiger partial charge in [-0.2, -0.15) is 0 Å². The van der Waals surface area contributed by atoms with E-state index < -0.39 is 0 Å². The minimum Gasteiger partial charge on any atom is -0.355 e. The van der Waals surface area contributed by atoms with E-state index in [2.05, 4.69) is 14.8 Å². The van der Waals surface area contributed by atoms with Crippen molar-refractivity contribution in [1.82, 2.24) is 19.8 Å². The molecule has 0 aliphatic carbocycles. The van der Waals surface area contributed by atoms with E-state index in [1.54, 1.807) is 19.2 Å². The van der Waals surface area contributed by atoms with Crippen LogP contribution in [-0.4, -0.2) is 34.0 Å². The summed E-state index contributed by atoms with van der Waals surface area (Å²) in [4.78, 5) is 19.3. The molecule has 4 rings (SSSR count). The van der Waals surface area contributed by atoms with Gasteiger partial charge in [-0.15, -0.1) is 0 Å². The molecule has 144 valence electrons. The number of nitrogens with zero attached hydrogens (tertiary/aromatic N) is 3. The molecule has 0 saturated heterocycles. The van der Waals surface area contributed by atoms with Crippen LogP contribution in [-0.2, 0) is 26.6 Å². The van der Waals surface area contributed by atoms with Crippen molar-refractivity contribution in [2.75, 3.05) is 13.6 Å². The molecule has 0 radical (unpaired) electrons. The van der Waals surface area contributed by atoms with Crippen molar-refractivity contribution in [3.8, 4) is 11.4 Å². The smallest absolute Gasteiger partial charge is 0.251 e. The molecule has 1 N–H and O–H groups in total. The Bertz CT molecular complexity index is 1010. The molecule has 0 atom stereocenters. The van der Waals surface area contributed by atoms with E-state index in [0.717, 1.165) is 42.2 Å². The number of rotatable bonds is 4. The predicted molar refractivity (Wildman–Crippen MR) is 106 cm³/mol. The lowest BCUT2D eigenvalue weighted by molar-refractivity contribution is 0.0960. The van der Waals surface area contributed by atoms with Crippen LogP contribution in [0.2, 0.25) is 0 Å². The van der Waals surface area contributed by atoms with Crippen molar-refractivity contribution >= 4 is 5.91 Å². The molecular weight excluding hydrogens is 355 g/mol. The van der Waals surface area contributed by atoms with Crippen LogP contribution in [0, 0.1) is 5.82 Å². The summed E-state index contributed by atoms with van der Waals surface area (Å²) in [7, 11) is 3.66. The number of fused-ring (bicyclic) bond motifs is 1. The molecule has 0 bridgehead atoms. The Labute approximate surface area is 163 Å². The molecule has 2 heterocycles. The Morgan fingerprint density at radius 3 is 2.68 bits per heavy atom. The van der Waals surface area contributed by atoms with Crippen molar-refractivity contribution in [3.63, 3.8) is 0 Å². The van der Waals surface area contributed by atoms with Gasteiger partial charge in [0.1, 0.15) is 11.6 Å². The van der Waals surface area contributed by atoms with E-state index in [9.17, 15) is 9.18 Å². The summed E-state index contributed by atoms with van der Waals surface area (Å²) in [5, 5.41) is 2.71. The molecule has 1 amide bonds. The topological polar surface area (TPSA) is 50.2 Å². The average molecular weight is 378 g/mol. The van der Waals surface area contributed by atoms with E-state index >= 15 is 0 Å². The molecule has 0 spiro atoms.